The molecule has 29 heavy (non-hydrogen) atoms. The predicted octanol–water partition coefficient (Wildman–Crippen LogP) is 4.63. The standard InChI is InChI=1S/C21H27ClN4O2S/c22-17-8-4-5-9-18(17)28-13-19-24-25-21(26(19)16-10-11-16)29-14-20(27)23-12-15-6-2-1-3-7-15/h4-5,8-9,15-16H,1-3,6-7,10-14H2,(H,23,27). The molecule has 2 aliphatic carbocycles. The topological polar surface area (TPSA) is 69.0 Å². The number of para-hydroxylation sites is 1. The highest BCUT2D eigenvalue weighted by atomic mass is 35.5. The largest absolute Gasteiger partial charge is 0.484 e. The third-order valence-electron chi connectivity index (χ3n) is 5.49. The van der Waals surface area contributed by atoms with Crippen molar-refractivity contribution in [3.63, 3.8) is 0 Å². The summed E-state index contributed by atoms with van der Waals surface area (Å²) in [5.74, 6) is 2.48. The number of carbonyl (C=O) groups is 1. The van der Waals surface area contributed by atoms with Gasteiger partial charge >= 0.3 is 0 Å². The number of nitrogens with one attached hydrogen (secondary N) is 1. The van der Waals surface area contributed by atoms with Crippen LogP contribution in [-0.4, -0.2) is 33.0 Å². The second-order valence-electron chi connectivity index (χ2n) is 7.82. The van der Waals surface area contributed by atoms with Gasteiger partial charge in [0.2, 0.25) is 5.91 Å². The monoisotopic (exact) mass is 434 g/mol. The van der Waals surface area contributed by atoms with Gasteiger partial charge in [0.05, 0.1) is 10.8 Å². The second kappa shape index (κ2) is 9.85. The molecule has 0 saturated heterocycles. The van der Waals surface area contributed by atoms with Crippen molar-refractivity contribution in [2.45, 2.75) is 62.8 Å². The highest BCUT2D eigenvalue weighted by Gasteiger charge is 2.30. The number of aromatic nitrogens is 3. The molecule has 2 aliphatic rings. The fraction of sp³-hybridized carbons (Fsp3) is 0.571. The van der Waals surface area contributed by atoms with Gasteiger partial charge in [-0.05, 0) is 43.7 Å². The van der Waals surface area contributed by atoms with Crippen molar-refractivity contribution in [3.8, 4) is 5.75 Å². The second-order valence-corrected chi connectivity index (χ2v) is 9.17. The van der Waals surface area contributed by atoms with E-state index in [0.29, 0.717) is 35.1 Å². The van der Waals surface area contributed by atoms with Crippen molar-refractivity contribution in [2.75, 3.05) is 12.3 Å². The molecular formula is C21H27ClN4O2S. The van der Waals surface area contributed by atoms with E-state index in [-0.39, 0.29) is 5.91 Å². The molecule has 2 saturated carbocycles. The summed E-state index contributed by atoms with van der Waals surface area (Å²) in [5.41, 5.74) is 0. The number of thioether (sulfide) groups is 1. The molecule has 1 N–H and O–H groups in total. The van der Waals surface area contributed by atoms with Gasteiger partial charge in [0.1, 0.15) is 12.4 Å². The number of ether oxygens (including phenoxy) is 1. The molecule has 6 nitrogen and oxygen atoms in total. The molecule has 8 heteroatoms. The number of rotatable bonds is 9. The number of hydrogen-bond acceptors (Lipinski definition) is 5. The first kappa shape index (κ1) is 20.5. The Balaban J connectivity index is 1.31. The van der Waals surface area contributed by atoms with Gasteiger partial charge in [0.25, 0.3) is 0 Å². The molecule has 1 heterocycles. The van der Waals surface area contributed by atoms with Crippen LogP contribution < -0.4 is 10.1 Å². The van der Waals surface area contributed by atoms with E-state index in [9.17, 15) is 4.79 Å². The minimum atomic E-state index is 0.0692. The van der Waals surface area contributed by atoms with Crippen molar-refractivity contribution in [2.24, 2.45) is 5.92 Å². The smallest absolute Gasteiger partial charge is 0.230 e. The summed E-state index contributed by atoms with van der Waals surface area (Å²) < 4.78 is 7.96. The van der Waals surface area contributed by atoms with Crippen LogP contribution in [0.15, 0.2) is 29.4 Å². The Morgan fingerprint density at radius 1 is 1.17 bits per heavy atom. The van der Waals surface area contributed by atoms with Crippen LogP contribution in [0.1, 0.15) is 56.8 Å². The molecular weight excluding hydrogens is 408 g/mol. The van der Waals surface area contributed by atoms with Gasteiger partial charge in [-0.25, -0.2) is 0 Å². The molecule has 4 rings (SSSR count). The molecule has 1 amide bonds. The first-order valence-electron chi connectivity index (χ1n) is 10.4. The summed E-state index contributed by atoms with van der Waals surface area (Å²) in [7, 11) is 0. The van der Waals surface area contributed by atoms with Crippen LogP contribution in [0.2, 0.25) is 5.02 Å². The third kappa shape index (κ3) is 5.66. The van der Waals surface area contributed by atoms with E-state index in [1.807, 2.05) is 18.2 Å². The Morgan fingerprint density at radius 2 is 1.97 bits per heavy atom. The quantitative estimate of drug-likeness (QED) is 0.582. The summed E-state index contributed by atoms with van der Waals surface area (Å²) in [6, 6.07) is 7.81. The van der Waals surface area contributed by atoms with Crippen LogP contribution in [0.4, 0.5) is 0 Å². The summed E-state index contributed by atoms with van der Waals surface area (Å²) in [6.07, 6.45) is 8.60. The minimum Gasteiger partial charge on any atom is -0.484 e. The van der Waals surface area contributed by atoms with Gasteiger partial charge in [0.15, 0.2) is 11.0 Å². The summed E-state index contributed by atoms with van der Waals surface area (Å²) in [4.78, 5) is 12.3. The fourth-order valence-electron chi connectivity index (χ4n) is 3.74. The van der Waals surface area contributed by atoms with Gasteiger partial charge in [-0.15, -0.1) is 10.2 Å². The molecule has 2 fully saturated rings. The average molecular weight is 435 g/mol. The molecule has 0 spiro atoms. The maximum Gasteiger partial charge on any atom is 0.230 e. The first-order valence-corrected chi connectivity index (χ1v) is 11.8. The van der Waals surface area contributed by atoms with E-state index < -0.39 is 0 Å². The van der Waals surface area contributed by atoms with Crippen LogP contribution >= 0.6 is 23.4 Å². The van der Waals surface area contributed by atoms with E-state index in [0.717, 1.165) is 30.4 Å². The molecule has 0 aliphatic heterocycles. The Morgan fingerprint density at radius 3 is 2.72 bits per heavy atom. The van der Waals surface area contributed by atoms with Gasteiger partial charge in [0, 0.05) is 12.6 Å². The zero-order valence-electron chi connectivity index (χ0n) is 16.5. The highest BCUT2D eigenvalue weighted by molar-refractivity contribution is 7.99. The number of benzene rings is 1. The van der Waals surface area contributed by atoms with Gasteiger partial charge in [-0.1, -0.05) is 54.8 Å². The fourth-order valence-corrected chi connectivity index (χ4v) is 4.78. The van der Waals surface area contributed by atoms with E-state index in [2.05, 4.69) is 20.1 Å². The van der Waals surface area contributed by atoms with Crippen LogP contribution in [0.25, 0.3) is 0 Å². The molecule has 1 aromatic heterocycles. The van der Waals surface area contributed by atoms with Crippen molar-refractivity contribution in [1.82, 2.24) is 20.1 Å². The number of amides is 1. The van der Waals surface area contributed by atoms with E-state index in [1.165, 1.54) is 43.9 Å². The van der Waals surface area contributed by atoms with Gasteiger partial charge in [-0.2, -0.15) is 0 Å². The Bertz CT molecular complexity index is 834. The molecule has 0 bridgehead atoms. The maximum absolute atomic E-state index is 12.3. The molecule has 0 radical (unpaired) electrons. The molecule has 0 unspecified atom stereocenters. The lowest BCUT2D eigenvalue weighted by Crippen LogP contribution is -2.31. The lowest BCUT2D eigenvalue weighted by atomic mass is 9.89. The Hall–Kier alpha value is -1.73. The third-order valence-corrected chi connectivity index (χ3v) is 6.74. The predicted molar refractivity (Wildman–Crippen MR) is 114 cm³/mol. The van der Waals surface area contributed by atoms with Crippen molar-refractivity contribution < 1.29 is 9.53 Å². The average Bonchev–Trinajstić information content (AvgIpc) is 3.51. The van der Waals surface area contributed by atoms with Crippen LogP contribution in [0.3, 0.4) is 0 Å². The number of nitrogens with zero attached hydrogens (tertiary/aromatic N) is 3. The molecule has 0 atom stereocenters. The normalized spacial score (nSPS) is 17.3. The zero-order valence-corrected chi connectivity index (χ0v) is 18.1. The summed E-state index contributed by atoms with van der Waals surface area (Å²) >= 11 is 7.62. The zero-order chi connectivity index (χ0) is 20.1. The van der Waals surface area contributed by atoms with Crippen LogP contribution in [0, 0.1) is 5.92 Å². The SMILES string of the molecule is O=C(CSc1nnc(COc2ccccc2Cl)n1C1CC1)NCC1CCCCC1. The molecule has 1 aromatic carbocycles. The molecule has 156 valence electrons. The lowest BCUT2D eigenvalue weighted by molar-refractivity contribution is -0.118. The highest BCUT2D eigenvalue weighted by Crippen LogP contribution is 2.39. The van der Waals surface area contributed by atoms with Crippen molar-refractivity contribution >= 4 is 29.3 Å². The maximum atomic E-state index is 12.3. The van der Waals surface area contributed by atoms with Crippen LogP contribution in [0.5, 0.6) is 5.75 Å². The van der Waals surface area contributed by atoms with Crippen molar-refractivity contribution in [1.29, 1.82) is 0 Å². The van der Waals surface area contributed by atoms with Gasteiger partial charge < -0.3 is 10.1 Å². The molecule has 2 aromatic rings. The summed E-state index contributed by atoms with van der Waals surface area (Å²) in [5, 5.41) is 13.1. The number of hydrogen-bond donors (Lipinski definition) is 1. The Kier molecular flexibility index (Phi) is 6.98. The van der Waals surface area contributed by atoms with E-state index >= 15 is 0 Å². The lowest BCUT2D eigenvalue weighted by Gasteiger charge is -2.21. The Labute approximate surface area is 180 Å². The van der Waals surface area contributed by atoms with Crippen LogP contribution in [-0.2, 0) is 11.4 Å². The first-order chi connectivity index (χ1) is 14.2. The minimum absolute atomic E-state index is 0.0692. The number of halogens is 1. The summed E-state index contributed by atoms with van der Waals surface area (Å²) in [6.45, 7) is 1.10. The van der Waals surface area contributed by atoms with Gasteiger partial charge in [-0.3, -0.25) is 9.36 Å². The van der Waals surface area contributed by atoms with E-state index in [4.69, 9.17) is 16.3 Å². The van der Waals surface area contributed by atoms with E-state index in [1.54, 1.807) is 6.07 Å². The number of carbonyl (C=O) groups excluding carboxylic acids is 1. The van der Waals surface area contributed by atoms with Crippen molar-refractivity contribution in [3.05, 3.63) is 35.1 Å².